The number of likely N-dealkylation sites (N-methyl/N-ethyl adjacent to an activating group) is 1. The van der Waals surface area contributed by atoms with E-state index in [9.17, 15) is 14.4 Å². The first-order valence-electron chi connectivity index (χ1n) is 13.4. The van der Waals surface area contributed by atoms with Crippen molar-refractivity contribution in [1.29, 1.82) is 0 Å². The molecule has 3 aliphatic rings. The van der Waals surface area contributed by atoms with E-state index in [1.165, 1.54) is 0 Å². The SMILES string of the molecule is COc1ccc(CNC(=O)N2[C@H]3CN(Cc4ccc5c(c4)OCO5)C(=O)[C@H](c4ccccc4)N3C(=O)CN2C)cc1. The fraction of sp³-hybridized carbons (Fsp3) is 0.300. The van der Waals surface area contributed by atoms with E-state index in [1.54, 1.807) is 34.0 Å². The maximum atomic E-state index is 14.0. The Morgan fingerprint density at radius 3 is 2.46 bits per heavy atom. The summed E-state index contributed by atoms with van der Waals surface area (Å²) >= 11 is 0. The zero-order valence-electron chi connectivity index (χ0n) is 22.9. The molecule has 3 heterocycles. The van der Waals surface area contributed by atoms with E-state index in [2.05, 4.69) is 5.32 Å². The Morgan fingerprint density at radius 2 is 1.71 bits per heavy atom. The van der Waals surface area contributed by atoms with Crippen LogP contribution < -0.4 is 19.5 Å². The van der Waals surface area contributed by atoms with E-state index in [1.807, 2.05) is 72.8 Å². The van der Waals surface area contributed by atoms with Crippen LogP contribution in [0.15, 0.2) is 72.8 Å². The van der Waals surface area contributed by atoms with Crippen molar-refractivity contribution in [2.24, 2.45) is 0 Å². The molecule has 41 heavy (non-hydrogen) atoms. The van der Waals surface area contributed by atoms with Crippen LogP contribution in [0.3, 0.4) is 0 Å². The first kappa shape index (κ1) is 26.5. The quantitative estimate of drug-likeness (QED) is 0.497. The van der Waals surface area contributed by atoms with Crippen molar-refractivity contribution in [2.45, 2.75) is 25.3 Å². The molecule has 0 bridgehead atoms. The van der Waals surface area contributed by atoms with Crippen molar-refractivity contribution in [3.63, 3.8) is 0 Å². The van der Waals surface area contributed by atoms with Crippen LogP contribution in [0.1, 0.15) is 22.7 Å². The summed E-state index contributed by atoms with van der Waals surface area (Å²) in [5.41, 5.74) is 2.44. The number of urea groups is 1. The Labute approximate surface area is 237 Å². The van der Waals surface area contributed by atoms with Crippen LogP contribution in [0.25, 0.3) is 0 Å². The number of hydrogen-bond donors (Lipinski definition) is 1. The summed E-state index contributed by atoms with van der Waals surface area (Å²) < 4.78 is 16.2. The highest BCUT2D eigenvalue weighted by atomic mass is 16.7. The number of nitrogens with one attached hydrogen (secondary N) is 1. The van der Waals surface area contributed by atoms with Crippen LogP contribution in [-0.4, -0.2) is 77.9 Å². The number of carbonyl (C=O) groups excluding carboxylic acids is 3. The van der Waals surface area contributed by atoms with Crippen LogP contribution in [-0.2, 0) is 22.7 Å². The number of amides is 4. The molecule has 2 fully saturated rings. The molecule has 0 aliphatic carbocycles. The van der Waals surface area contributed by atoms with E-state index in [0.29, 0.717) is 17.1 Å². The third-order valence-corrected chi connectivity index (χ3v) is 7.57. The van der Waals surface area contributed by atoms with Gasteiger partial charge in [-0.1, -0.05) is 48.5 Å². The Morgan fingerprint density at radius 1 is 0.976 bits per heavy atom. The molecule has 6 rings (SSSR count). The first-order chi connectivity index (χ1) is 19.9. The van der Waals surface area contributed by atoms with Gasteiger partial charge in [0.1, 0.15) is 18.0 Å². The molecule has 2 saturated heterocycles. The smallest absolute Gasteiger partial charge is 0.334 e. The van der Waals surface area contributed by atoms with Gasteiger partial charge in [-0.2, -0.15) is 0 Å². The Kier molecular flexibility index (Phi) is 7.10. The molecule has 4 amide bonds. The second kappa shape index (κ2) is 11.0. The molecular formula is C30H31N5O6. The van der Waals surface area contributed by atoms with Gasteiger partial charge in [0, 0.05) is 20.1 Å². The van der Waals surface area contributed by atoms with E-state index in [-0.39, 0.29) is 50.8 Å². The maximum Gasteiger partial charge on any atom is 0.334 e. The van der Waals surface area contributed by atoms with Crippen LogP contribution in [0.4, 0.5) is 4.79 Å². The van der Waals surface area contributed by atoms with Crippen molar-refractivity contribution in [2.75, 3.05) is 34.0 Å². The predicted molar refractivity (Wildman–Crippen MR) is 147 cm³/mol. The van der Waals surface area contributed by atoms with Crippen molar-refractivity contribution in [3.8, 4) is 17.2 Å². The predicted octanol–water partition coefficient (Wildman–Crippen LogP) is 2.73. The zero-order valence-corrected chi connectivity index (χ0v) is 22.9. The summed E-state index contributed by atoms with van der Waals surface area (Å²) in [4.78, 5) is 44.4. The maximum absolute atomic E-state index is 14.0. The lowest BCUT2D eigenvalue weighted by Gasteiger charge is -2.54. The Hall–Kier alpha value is -4.77. The standard InChI is InChI=1S/C30H31N5O6/c1-32-18-27(36)34-26(35(32)30(38)31-15-20-8-11-23(39-2)12-9-20)17-33(29(37)28(34)22-6-4-3-5-7-22)16-21-10-13-24-25(14-21)41-19-40-24/h3-14,26,28H,15-19H2,1-2H3,(H,31,38)/t26-,28-/m0/s1. The number of hydrazine groups is 1. The van der Waals surface area contributed by atoms with Gasteiger partial charge < -0.3 is 29.3 Å². The van der Waals surface area contributed by atoms with Gasteiger partial charge >= 0.3 is 6.03 Å². The molecule has 0 radical (unpaired) electrons. The first-order valence-corrected chi connectivity index (χ1v) is 13.4. The van der Waals surface area contributed by atoms with Crippen molar-refractivity contribution < 1.29 is 28.6 Å². The number of methoxy groups -OCH3 is 1. The lowest BCUT2D eigenvalue weighted by atomic mass is 9.98. The molecule has 0 saturated carbocycles. The van der Waals surface area contributed by atoms with Crippen molar-refractivity contribution in [1.82, 2.24) is 25.1 Å². The Bertz CT molecular complexity index is 1450. The average Bonchev–Trinajstić information content (AvgIpc) is 3.45. The molecule has 1 N–H and O–H groups in total. The number of nitrogens with zero attached hydrogens (tertiary/aromatic N) is 4. The third-order valence-electron chi connectivity index (χ3n) is 7.57. The lowest BCUT2D eigenvalue weighted by molar-refractivity contribution is -0.188. The van der Waals surface area contributed by atoms with Crippen molar-refractivity contribution >= 4 is 17.8 Å². The molecular weight excluding hydrogens is 526 g/mol. The highest BCUT2D eigenvalue weighted by molar-refractivity contribution is 5.92. The molecule has 2 atom stereocenters. The zero-order chi connectivity index (χ0) is 28.5. The van der Waals surface area contributed by atoms with Gasteiger partial charge in [0.2, 0.25) is 12.7 Å². The molecule has 3 aromatic carbocycles. The number of benzene rings is 3. The normalized spacial score (nSPS) is 20.2. The molecule has 0 unspecified atom stereocenters. The Balaban J connectivity index is 1.30. The average molecular weight is 558 g/mol. The largest absolute Gasteiger partial charge is 0.497 e. The van der Waals surface area contributed by atoms with E-state index in [0.717, 1.165) is 16.9 Å². The summed E-state index contributed by atoms with van der Waals surface area (Å²) in [5, 5.41) is 6.13. The van der Waals surface area contributed by atoms with Crippen molar-refractivity contribution in [3.05, 3.63) is 89.5 Å². The van der Waals surface area contributed by atoms with Gasteiger partial charge in [0.15, 0.2) is 11.5 Å². The lowest BCUT2D eigenvalue weighted by Crippen LogP contribution is -2.73. The van der Waals surface area contributed by atoms with E-state index in [4.69, 9.17) is 14.2 Å². The van der Waals surface area contributed by atoms with Gasteiger partial charge in [-0.05, 0) is 41.0 Å². The number of rotatable bonds is 6. The van der Waals surface area contributed by atoms with Gasteiger partial charge in [-0.3, -0.25) is 9.59 Å². The highest BCUT2D eigenvalue weighted by Crippen LogP contribution is 2.37. The monoisotopic (exact) mass is 557 g/mol. The summed E-state index contributed by atoms with van der Waals surface area (Å²) in [6.45, 7) is 0.829. The molecule has 11 heteroatoms. The summed E-state index contributed by atoms with van der Waals surface area (Å²) in [6, 6.07) is 21.0. The highest BCUT2D eigenvalue weighted by Gasteiger charge is 2.51. The number of carbonyl (C=O) groups is 3. The topological polar surface area (TPSA) is 104 Å². The fourth-order valence-corrected chi connectivity index (χ4v) is 5.56. The number of fused-ring (bicyclic) bond motifs is 2. The van der Waals surface area contributed by atoms with Crippen LogP contribution in [0.5, 0.6) is 17.2 Å². The van der Waals surface area contributed by atoms with E-state index < -0.39 is 12.2 Å². The number of hydrogen-bond acceptors (Lipinski definition) is 7. The minimum atomic E-state index is -0.873. The molecule has 0 spiro atoms. The minimum absolute atomic E-state index is 0.0365. The number of piperazine rings is 1. The van der Waals surface area contributed by atoms with Gasteiger partial charge in [-0.15, -0.1) is 0 Å². The van der Waals surface area contributed by atoms with Crippen LogP contribution >= 0.6 is 0 Å². The van der Waals surface area contributed by atoms with Crippen LogP contribution in [0, 0.1) is 0 Å². The second-order valence-corrected chi connectivity index (χ2v) is 10.2. The minimum Gasteiger partial charge on any atom is -0.497 e. The fourth-order valence-electron chi connectivity index (χ4n) is 5.56. The second-order valence-electron chi connectivity index (χ2n) is 10.2. The molecule has 3 aromatic rings. The molecule has 11 nitrogen and oxygen atoms in total. The van der Waals surface area contributed by atoms with Gasteiger partial charge in [-0.25, -0.2) is 14.8 Å². The molecule has 212 valence electrons. The third kappa shape index (κ3) is 5.11. The van der Waals surface area contributed by atoms with Crippen LogP contribution in [0.2, 0.25) is 0 Å². The summed E-state index contributed by atoms with van der Waals surface area (Å²) in [6.07, 6.45) is -0.714. The summed E-state index contributed by atoms with van der Waals surface area (Å²) in [5.74, 6) is 1.58. The molecule has 0 aromatic heterocycles. The van der Waals surface area contributed by atoms with E-state index >= 15 is 0 Å². The molecule has 3 aliphatic heterocycles. The van der Waals surface area contributed by atoms with Gasteiger partial charge in [0.25, 0.3) is 5.91 Å². The summed E-state index contributed by atoms with van der Waals surface area (Å²) in [7, 11) is 3.31. The number of ether oxygens (including phenoxy) is 3. The van der Waals surface area contributed by atoms with Gasteiger partial charge in [0.05, 0.1) is 20.2 Å².